The van der Waals surface area contributed by atoms with Crippen molar-refractivity contribution in [2.45, 2.75) is 25.9 Å². The van der Waals surface area contributed by atoms with E-state index in [-0.39, 0.29) is 11.9 Å². The summed E-state index contributed by atoms with van der Waals surface area (Å²) in [7, 11) is 0. The normalized spacial score (nSPS) is 12.6. The molecule has 0 aliphatic carbocycles. The summed E-state index contributed by atoms with van der Waals surface area (Å²) < 4.78 is 19.9. The van der Waals surface area contributed by atoms with Crippen molar-refractivity contribution >= 4 is 31.9 Å². The fraction of sp³-hybridized carbons (Fsp3) is 0.286. The van der Waals surface area contributed by atoms with Crippen LogP contribution in [0.3, 0.4) is 0 Å². The zero-order valence-electron chi connectivity index (χ0n) is 10.4. The molecule has 0 spiro atoms. The highest BCUT2D eigenvalue weighted by Crippen LogP contribution is 2.26. The summed E-state index contributed by atoms with van der Waals surface area (Å²) in [6, 6.07) is 8.82. The Morgan fingerprint density at radius 1 is 1.26 bits per heavy atom. The van der Waals surface area contributed by atoms with Gasteiger partial charge >= 0.3 is 0 Å². The van der Waals surface area contributed by atoms with Crippen LogP contribution in [0.25, 0.3) is 0 Å². The summed E-state index contributed by atoms with van der Waals surface area (Å²) in [5.41, 5.74) is 1.11. The summed E-state index contributed by atoms with van der Waals surface area (Å²) >= 11 is 6.69. The van der Waals surface area contributed by atoms with E-state index >= 15 is 0 Å². The van der Waals surface area contributed by atoms with Crippen LogP contribution in [0.1, 0.15) is 18.2 Å². The highest BCUT2D eigenvalue weighted by molar-refractivity contribution is 9.13. The lowest BCUT2D eigenvalue weighted by molar-refractivity contribution is 0.441. The summed E-state index contributed by atoms with van der Waals surface area (Å²) in [5.74, 6) is 0.666. The molecule has 2 aromatic rings. The first-order valence-corrected chi connectivity index (χ1v) is 7.54. The van der Waals surface area contributed by atoms with Crippen LogP contribution >= 0.6 is 31.9 Å². The van der Waals surface area contributed by atoms with E-state index in [1.807, 2.05) is 18.2 Å². The number of benzene rings is 1. The van der Waals surface area contributed by atoms with Gasteiger partial charge in [-0.1, -0.05) is 12.1 Å². The van der Waals surface area contributed by atoms with E-state index in [1.165, 1.54) is 12.1 Å². The zero-order valence-corrected chi connectivity index (χ0v) is 13.6. The topological polar surface area (TPSA) is 25.2 Å². The Bertz CT molecular complexity index is 519. The molecule has 1 unspecified atom stereocenters. The number of hydrogen-bond donors (Lipinski definition) is 1. The van der Waals surface area contributed by atoms with E-state index in [0.29, 0.717) is 11.2 Å². The van der Waals surface area contributed by atoms with Gasteiger partial charge in [0.15, 0.2) is 4.67 Å². The molecule has 102 valence electrons. The lowest BCUT2D eigenvalue weighted by Gasteiger charge is -2.12. The maximum atomic E-state index is 12.8. The van der Waals surface area contributed by atoms with Gasteiger partial charge in [-0.2, -0.15) is 0 Å². The van der Waals surface area contributed by atoms with E-state index < -0.39 is 0 Å². The monoisotopic (exact) mass is 389 g/mol. The average Bonchev–Trinajstić information content (AvgIpc) is 2.69. The standard InChI is InChI=1S/C14H14Br2FNO/c1-9(6-10-2-4-11(17)5-3-10)18-8-12-7-13(15)14(16)19-12/h2-5,7,9,18H,6,8H2,1H3. The average molecular weight is 391 g/mol. The van der Waals surface area contributed by atoms with Gasteiger partial charge in [-0.15, -0.1) is 0 Å². The van der Waals surface area contributed by atoms with Crippen molar-refractivity contribution in [3.8, 4) is 0 Å². The predicted molar refractivity (Wildman–Crippen MR) is 80.5 cm³/mol. The van der Waals surface area contributed by atoms with Gasteiger partial charge in [0.2, 0.25) is 0 Å². The van der Waals surface area contributed by atoms with E-state index in [1.54, 1.807) is 0 Å². The van der Waals surface area contributed by atoms with Crippen molar-refractivity contribution in [3.63, 3.8) is 0 Å². The minimum Gasteiger partial charge on any atom is -0.452 e. The molecule has 0 aliphatic rings. The molecule has 0 saturated heterocycles. The molecule has 2 nitrogen and oxygen atoms in total. The first kappa shape index (κ1) is 14.8. The van der Waals surface area contributed by atoms with Crippen molar-refractivity contribution in [1.82, 2.24) is 5.32 Å². The van der Waals surface area contributed by atoms with Gasteiger partial charge in [-0.3, -0.25) is 0 Å². The minimum atomic E-state index is -0.199. The van der Waals surface area contributed by atoms with Gasteiger partial charge in [0, 0.05) is 6.04 Å². The fourth-order valence-electron chi connectivity index (χ4n) is 1.80. The summed E-state index contributed by atoms with van der Waals surface area (Å²) in [5, 5.41) is 3.37. The molecule has 19 heavy (non-hydrogen) atoms. The lowest BCUT2D eigenvalue weighted by atomic mass is 10.1. The van der Waals surface area contributed by atoms with Crippen molar-refractivity contribution in [2.75, 3.05) is 0 Å². The number of furan rings is 1. The predicted octanol–water partition coefficient (Wildman–Crippen LogP) is 4.66. The molecule has 0 radical (unpaired) electrons. The molecule has 1 atom stereocenters. The fourth-order valence-corrected chi connectivity index (χ4v) is 2.46. The Morgan fingerprint density at radius 3 is 2.53 bits per heavy atom. The molecule has 0 amide bonds. The third kappa shape index (κ3) is 4.44. The maximum absolute atomic E-state index is 12.8. The second-order valence-corrected chi connectivity index (χ2v) is 6.02. The quantitative estimate of drug-likeness (QED) is 0.802. The van der Waals surface area contributed by atoms with Gasteiger partial charge < -0.3 is 9.73 Å². The van der Waals surface area contributed by atoms with Gasteiger partial charge in [0.05, 0.1) is 11.0 Å². The van der Waals surface area contributed by atoms with Crippen LogP contribution in [0, 0.1) is 5.82 Å². The Kier molecular flexibility index (Phi) is 5.19. The van der Waals surface area contributed by atoms with Crippen LogP contribution in [0.2, 0.25) is 0 Å². The van der Waals surface area contributed by atoms with Crippen LogP contribution in [0.4, 0.5) is 4.39 Å². The molecule has 0 saturated carbocycles. The second-order valence-electron chi connectivity index (χ2n) is 4.45. The number of halogens is 3. The lowest BCUT2D eigenvalue weighted by Crippen LogP contribution is -2.27. The van der Waals surface area contributed by atoms with Crippen molar-refractivity contribution < 1.29 is 8.81 Å². The smallest absolute Gasteiger partial charge is 0.183 e. The van der Waals surface area contributed by atoms with Crippen LogP contribution in [0.5, 0.6) is 0 Å². The van der Waals surface area contributed by atoms with Gasteiger partial charge in [0.1, 0.15) is 11.6 Å². The molecule has 1 N–H and O–H groups in total. The summed E-state index contributed by atoms with van der Waals surface area (Å²) in [6.07, 6.45) is 0.851. The zero-order chi connectivity index (χ0) is 13.8. The highest BCUT2D eigenvalue weighted by Gasteiger charge is 2.08. The molecule has 0 bridgehead atoms. The second kappa shape index (κ2) is 6.68. The van der Waals surface area contributed by atoms with E-state index in [9.17, 15) is 4.39 Å². The van der Waals surface area contributed by atoms with Gasteiger partial charge in [-0.25, -0.2) is 4.39 Å². The first-order chi connectivity index (χ1) is 9.04. The number of rotatable bonds is 5. The maximum Gasteiger partial charge on any atom is 0.183 e. The Balaban J connectivity index is 1.84. The highest BCUT2D eigenvalue weighted by atomic mass is 79.9. The van der Waals surface area contributed by atoms with Gasteiger partial charge in [0.25, 0.3) is 0 Å². The van der Waals surface area contributed by atoms with E-state index in [2.05, 4.69) is 44.1 Å². The summed E-state index contributed by atoms with van der Waals surface area (Å²) in [4.78, 5) is 0. The van der Waals surface area contributed by atoms with Crippen molar-refractivity contribution in [1.29, 1.82) is 0 Å². The Labute approximate surface area is 128 Å². The summed E-state index contributed by atoms with van der Waals surface area (Å²) in [6.45, 7) is 2.75. The van der Waals surface area contributed by atoms with Crippen LogP contribution in [-0.2, 0) is 13.0 Å². The molecule has 0 aliphatic heterocycles. The molecule has 1 heterocycles. The SMILES string of the molecule is CC(Cc1ccc(F)cc1)NCc1cc(Br)c(Br)o1. The molecule has 0 fully saturated rings. The van der Waals surface area contributed by atoms with Crippen molar-refractivity contribution in [3.05, 3.63) is 56.6 Å². The molecule has 5 heteroatoms. The number of hydrogen-bond acceptors (Lipinski definition) is 2. The molecular weight excluding hydrogens is 377 g/mol. The third-order valence-electron chi connectivity index (χ3n) is 2.78. The van der Waals surface area contributed by atoms with Crippen molar-refractivity contribution in [2.24, 2.45) is 0 Å². The van der Waals surface area contributed by atoms with Crippen LogP contribution < -0.4 is 5.32 Å². The van der Waals surface area contributed by atoms with Crippen LogP contribution in [-0.4, -0.2) is 6.04 Å². The Hall–Kier alpha value is -0.650. The minimum absolute atomic E-state index is 0.199. The van der Waals surface area contributed by atoms with Crippen LogP contribution in [0.15, 0.2) is 43.9 Å². The first-order valence-electron chi connectivity index (χ1n) is 5.96. The van der Waals surface area contributed by atoms with Gasteiger partial charge in [-0.05, 0) is 69.0 Å². The Morgan fingerprint density at radius 2 is 1.95 bits per heavy atom. The largest absolute Gasteiger partial charge is 0.452 e. The molecule has 2 rings (SSSR count). The molecule has 1 aromatic heterocycles. The number of nitrogens with one attached hydrogen (secondary N) is 1. The van der Waals surface area contributed by atoms with E-state index in [0.717, 1.165) is 22.2 Å². The van der Waals surface area contributed by atoms with E-state index in [4.69, 9.17) is 4.42 Å². The molecular formula is C14H14Br2FNO. The third-order valence-corrected chi connectivity index (χ3v) is 4.49. The molecule has 1 aromatic carbocycles.